The van der Waals surface area contributed by atoms with Gasteiger partial charge in [0.05, 0.1) is 11.4 Å². The summed E-state index contributed by atoms with van der Waals surface area (Å²) in [6.45, 7) is 2.43. The number of rotatable bonds is 7. The highest BCUT2D eigenvalue weighted by atomic mass is 19.1. The second kappa shape index (κ2) is 10.6. The molecule has 0 aromatic heterocycles. The number of benzene rings is 3. The summed E-state index contributed by atoms with van der Waals surface area (Å²) in [6, 6.07) is 20.8. The number of carbonyl (C=O) groups excluding carboxylic acids is 2. The van der Waals surface area contributed by atoms with Crippen molar-refractivity contribution in [1.82, 2.24) is 10.6 Å². The predicted octanol–water partition coefficient (Wildman–Crippen LogP) is 4.68. The summed E-state index contributed by atoms with van der Waals surface area (Å²) < 4.78 is 13.4. The molecule has 0 bridgehead atoms. The molecule has 1 saturated heterocycles. The van der Waals surface area contributed by atoms with Crippen LogP contribution < -0.4 is 20.9 Å². The Morgan fingerprint density at radius 2 is 1.55 bits per heavy atom. The van der Waals surface area contributed by atoms with Crippen molar-refractivity contribution in [2.45, 2.75) is 25.9 Å². The molecule has 3 N–H and O–H groups in total. The van der Waals surface area contributed by atoms with Gasteiger partial charge in [-0.25, -0.2) is 9.18 Å². The molecule has 1 heterocycles. The third kappa shape index (κ3) is 6.10. The van der Waals surface area contributed by atoms with Crippen molar-refractivity contribution in [3.05, 3.63) is 95.3 Å². The molecule has 33 heavy (non-hydrogen) atoms. The molecular weight excluding hydrogens is 419 g/mol. The quantitative estimate of drug-likeness (QED) is 0.494. The highest BCUT2D eigenvalue weighted by Gasteiger charge is 2.19. The van der Waals surface area contributed by atoms with Gasteiger partial charge < -0.3 is 20.9 Å². The minimum absolute atomic E-state index is 0.213. The van der Waals surface area contributed by atoms with Gasteiger partial charge in [-0.05, 0) is 54.3 Å². The molecule has 1 aliphatic rings. The summed E-state index contributed by atoms with van der Waals surface area (Å²) in [5.74, 6) is -0.635. The first kappa shape index (κ1) is 22.3. The largest absolute Gasteiger partial charge is 0.370 e. The van der Waals surface area contributed by atoms with E-state index in [0.29, 0.717) is 23.4 Å². The van der Waals surface area contributed by atoms with Crippen LogP contribution >= 0.6 is 0 Å². The normalized spacial score (nSPS) is 12.9. The molecule has 6 nitrogen and oxygen atoms in total. The van der Waals surface area contributed by atoms with E-state index in [1.165, 1.54) is 12.1 Å². The van der Waals surface area contributed by atoms with E-state index >= 15 is 0 Å². The van der Waals surface area contributed by atoms with Gasteiger partial charge in [-0.1, -0.05) is 42.5 Å². The van der Waals surface area contributed by atoms with Crippen LogP contribution in [0.3, 0.4) is 0 Å². The number of halogens is 1. The van der Waals surface area contributed by atoms with Crippen molar-refractivity contribution in [3.8, 4) is 0 Å². The average Bonchev–Trinajstić information content (AvgIpc) is 3.37. The number of anilines is 2. The molecule has 0 radical (unpaired) electrons. The third-order valence-corrected chi connectivity index (χ3v) is 5.59. The zero-order valence-electron chi connectivity index (χ0n) is 18.3. The second-order valence-electron chi connectivity index (χ2n) is 8.03. The van der Waals surface area contributed by atoms with E-state index < -0.39 is 0 Å². The lowest BCUT2D eigenvalue weighted by Gasteiger charge is -2.22. The summed E-state index contributed by atoms with van der Waals surface area (Å²) >= 11 is 0. The Kier molecular flexibility index (Phi) is 7.19. The first-order valence-corrected chi connectivity index (χ1v) is 11.1. The number of urea groups is 1. The van der Waals surface area contributed by atoms with Crippen LogP contribution in [-0.2, 0) is 13.1 Å². The van der Waals surface area contributed by atoms with E-state index in [1.807, 2.05) is 36.4 Å². The minimum Gasteiger partial charge on any atom is -0.370 e. The lowest BCUT2D eigenvalue weighted by atomic mass is 10.1. The summed E-state index contributed by atoms with van der Waals surface area (Å²) in [5.41, 5.74) is 3.58. The molecule has 1 aliphatic heterocycles. The third-order valence-electron chi connectivity index (χ3n) is 5.59. The zero-order chi connectivity index (χ0) is 23.0. The molecule has 3 amide bonds. The molecule has 170 valence electrons. The number of nitrogens with one attached hydrogen (secondary N) is 3. The highest BCUT2D eigenvalue weighted by Crippen LogP contribution is 2.30. The fourth-order valence-corrected chi connectivity index (χ4v) is 3.89. The SMILES string of the molecule is O=C(NCc1ccccc1)Nc1cc(C(=O)NCc2cccc(F)c2)ccc1N1CCCC1. The molecule has 3 aromatic rings. The van der Waals surface area contributed by atoms with Gasteiger partial charge in [-0.2, -0.15) is 0 Å². The fraction of sp³-hybridized carbons (Fsp3) is 0.231. The van der Waals surface area contributed by atoms with Crippen LogP contribution in [-0.4, -0.2) is 25.0 Å². The molecule has 7 heteroatoms. The highest BCUT2D eigenvalue weighted by molar-refractivity contribution is 5.99. The van der Waals surface area contributed by atoms with Crippen LogP contribution in [0.25, 0.3) is 0 Å². The Morgan fingerprint density at radius 1 is 0.818 bits per heavy atom. The summed E-state index contributed by atoms with van der Waals surface area (Å²) in [7, 11) is 0. The molecule has 0 unspecified atom stereocenters. The summed E-state index contributed by atoms with van der Waals surface area (Å²) in [5, 5.41) is 8.59. The number of hydrogen-bond donors (Lipinski definition) is 3. The van der Waals surface area contributed by atoms with Crippen molar-refractivity contribution >= 4 is 23.3 Å². The standard InChI is InChI=1S/C26H27FN4O2/c27-22-10-6-9-20(15-22)18-28-25(32)21-11-12-24(31-13-4-5-14-31)23(16-21)30-26(33)29-17-19-7-2-1-3-8-19/h1-3,6-12,15-16H,4-5,13-14,17-18H2,(H,28,32)(H2,29,30,33). The van der Waals surface area contributed by atoms with Gasteiger partial charge in [0.2, 0.25) is 0 Å². The van der Waals surface area contributed by atoms with Crippen molar-refractivity contribution < 1.29 is 14.0 Å². The smallest absolute Gasteiger partial charge is 0.319 e. The molecule has 4 rings (SSSR count). The van der Waals surface area contributed by atoms with Crippen LogP contribution in [0.5, 0.6) is 0 Å². The number of hydrogen-bond acceptors (Lipinski definition) is 3. The minimum atomic E-state index is -0.343. The van der Waals surface area contributed by atoms with Gasteiger partial charge >= 0.3 is 6.03 Å². The Bertz CT molecular complexity index is 1110. The summed E-state index contributed by atoms with van der Waals surface area (Å²) in [6.07, 6.45) is 2.19. The zero-order valence-corrected chi connectivity index (χ0v) is 18.3. The molecule has 0 spiro atoms. The first-order valence-electron chi connectivity index (χ1n) is 11.1. The van der Waals surface area contributed by atoms with E-state index in [0.717, 1.165) is 37.2 Å². The Balaban J connectivity index is 1.46. The van der Waals surface area contributed by atoms with Crippen LogP contribution in [0, 0.1) is 5.82 Å². The van der Waals surface area contributed by atoms with Crippen molar-refractivity contribution in [2.24, 2.45) is 0 Å². The fourth-order valence-electron chi connectivity index (χ4n) is 3.89. The monoisotopic (exact) mass is 446 g/mol. The first-order chi connectivity index (χ1) is 16.1. The van der Waals surface area contributed by atoms with Crippen molar-refractivity contribution in [3.63, 3.8) is 0 Å². The Labute approximate surface area is 192 Å². The predicted molar refractivity (Wildman–Crippen MR) is 128 cm³/mol. The molecule has 0 atom stereocenters. The molecule has 1 fully saturated rings. The van der Waals surface area contributed by atoms with E-state index in [-0.39, 0.29) is 24.3 Å². The van der Waals surface area contributed by atoms with Gasteiger partial charge in [0, 0.05) is 31.7 Å². The van der Waals surface area contributed by atoms with Crippen LogP contribution in [0.4, 0.5) is 20.6 Å². The molecule has 3 aromatic carbocycles. The van der Waals surface area contributed by atoms with Crippen molar-refractivity contribution in [2.75, 3.05) is 23.3 Å². The second-order valence-corrected chi connectivity index (χ2v) is 8.03. The molecule has 0 aliphatic carbocycles. The number of carbonyl (C=O) groups is 2. The lowest BCUT2D eigenvalue weighted by molar-refractivity contribution is 0.0951. The van der Waals surface area contributed by atoms with Gasteiger partial charge in [0.25, 0.3) is 5.91 Å². The Morgan fingerprint density at radius 3 is 2.30 bits per heavy atom. The maximum atomic E-state index is 13.4. The van der Waals surface area contributed by atoms with Gasteiger partial charge in [0.1, 0.15) is 5.82 Å². The maximum absolute atomic E-state index is 13.4. The van der Waals surface area contributed by atoms with Crippen LogP contribution in [0.2, 0.25) is 0 Å². The topological polar surface area (TPSA) is 73.5 Å². The molecule has 0 saturated carbocycles. The van der Waals surface area contributed by atoms with Gasteiger partial charge in [-0.3, -0.25) is 4.79 Å². The van der Waals surface area contributed by atoms with E-state index in [9.17, 15) is 14.0 Å². The van der Waals surface area contributed by atoms with Crippen LogP contribution in [0.1, 0.15) is 34.3 Å². The maximum Gasteiger partial charge on any atom is 0.319 e. The molecular formula is C26H27FN4O2. The lowest BCUT2D eigenvalue weighted by Crippen LogP contribution is -2.30. The van der Waals surface area contributed by atoms with E-state index in [4.69, 9.17) is 0 Å². The van der Waals surface area contributed by atoms with Gasteiger partial charge in [0.15, 0.2) is 0 Å². The van der Waals surface area contributed by atoms with Crippen molar-refractivity contribution in [1.29, 1.82) is 0 Å². The van der Waals surface area contributed by atoms with Crippen LogP contribution in [0.15, 0.2) is 72.8 Å². The average molecular weight is 447 g/mol. The number of nitrogens with zero attached hydrogens (tertiary/aromatic N) is 1. The van der Waals surface area contributed by atoms with E-state index in [1.54, 1.807) is 24.3 Å². The van der Waals surface area contributed by atoms with Gasteiger partial charge in [-0.15, -0.1) is 0 Å². The summed E-state index contributed by atoms with van der Waals surface area (Å²) in [4.78, 5) is 27.5. The van der Waals surface area contributed by atoms with E-state index in [2.05, 4.69) is 20.9 Å². The Hall–Kier alpha value is -3.87. The number of amides is 3.